The molecular weight excluding hydrogens is 641 g/mol. The molecule has 0 bridgehead atoms. The van der Waals surface area contributed by atoms with Crippen LogP contribution in [0.25, 0.3) is 0 Å². The van der Waals surface area contributed by atoms with E-state index in [0.717, 1.165) is 0 Å². The van der Waals surface area contributed by atoms with Gasteiger partial charge in [-0.3, -0.25) is 0 Å². The Hall–Kier alpha value is 0.223. The Morgan fingerprint density at radius 2 is 0.867 bits per heavy atom. The molecule has 30 heavy (non-hydrogen) atoms. The zero-order valence-electron chi connectivity index (χ0n) is 18.4. The molecule has 0 aromatic heterocycles. The molecule has 0 amide bonds. The van der Waals surface area contributed by atoms with Gasteiger partial charge in [-0.2, -0.15) is 18.2 Å². The normalized spacial score (nSPS) is 10.3. The minimum atomic E-state index is -4.98. The fourth-order valence-corrected chi connectivity index (χ4v) is 1.29. The Bertz CT molecular complexity index is 350. The van der Waals surface area contributed by atoms with Gasteiger partial charge in [-0.15, -0.1) is 0 Å². The molecule has 1 rings (SSSR count). The van der Waals surface area contributed by atoms with Crippen molar-refractivity contribution in [1.82, 2.24) is 0 Å². The molecule has 0 atom stereocenters. The summed E-state index contributed by atoms with van der Waals surface area (Å²) >= 11 is -4.06. The van der Waals surface area contributed by atoms with Gasteiger partial charge in [0, 0.05) is 45.7 Å². The summed E-state index contributed by atoms with van der Waals surface area (Å²) in [6.45, 7) is 12.7. The second-order valence-corrected chi connectivity index (χ2v) is 10.3. The molecule has 1 radical (unpaired) electrons. The average Bonchev–Trinajstić information content (AvgIpc) is 3.12. The van der Waals surface area contributed by atoms with E-state index >= 15 is 0 Å². The van der Waals surface area contributed by atoms with E-state index in [-0.39, 0.29) is 25.8 Å². The van der Waals surface area contributed by atoms with Crippen LogP contribution in [0, 0.1) is 17.8 Å². The molecule has 3 N–H and O–H groups in total. The van der Waals surface area contributed by atoms with Gasteiger partial charge in [0.05, 0.1) is 0 Å². The van der Waals surface area contributed by atoms with Crippen molar-refractivity contribution >= 4 is 15.4 Å². The summed E-state index contributed by atoms with van der Waals surface area (Å²) in [5, 5.41) is 14.5. The number of hydrogen-bond acceptors (Lipinski definition) is 3. The Labute approximate surface area is 201 Å². The first-order valence-corrected chi connectivity index (χ1v) is 11.4. The third-order valence-electron chi connectivity index (χ3n) is 1.98. The number of aliphatic hydroxyl groups excluding tert-OH is 3. The second kappa shape index (κ2) is 25.5. The summed E-state index contributed by atoms with van der Waals surface area (Å²) in [6, 6.07) is 10.0. The van der Waals surface area contributed by atoms with E-state index < -0.39 is 25.4 Å². The fourth-order valence-electron chi connectivity index (χ4n) is 0.506. The van der Waals surface area contributed by atoms with Gasteiger partial charge >= 0.3 is 51.8 Å². The molecule has 0 fully saturated rings. The maximum absolute atomic E-state index is 10.9. The molecular formula is C19H36F6GeHfO3-. The summed E-state index contributed by atoms with van der Waals surface area (Å²) in [5.41, 5.74) is 0. The van der Waals surface area contributed by atoms with Crippen LogP contribution in [0.15, 0.2) is 30.3 Å². The maximum atomic E-state index is 10.9. The van der Waals surface area contributed by atoms with E-state index in [1.54, 1.807) is 0 Å². The Balaban J connectivity index is -0.0000000884. The van der Waals surface area contributed by atoms with Crippen molar-refractivity contribution in [3.8, 4) is 0 Å². The first kappa shape index (κ1) is 40.6. The average molecular weight is 678 g/mol. The van der Waals surface area contributed by atoms with Gasteiger partial charge in [-0.05, 0) is 17.8 Å². The fraction of sp³-hybridized carbons (Fsp3) is 0.737. The Morgan fingerprint density at radius 3 is 0.900 bits per heavy atom. The minimum absolute atomic E-state index is 0. The molecule has 0 aliphatic heterocycles. The third-order valence-corrected chi connectivity index (χ3v) is 3.35. The number of hydrogen-bond donors (Lipinski definition) is 3. The van der Waals surface area contributed by atoms with Gasteiger partial charge in [0.15, 0.2) is 0 Å². The minimum Gasteiger partial charge on any atom is -0.214 e. The number of aliphatic hydroxyl groups is 3. The molecule has 181 valence electrons. The molecule has 1 aromatic rings. The summed E-state index contributed by atoms with van der Waals surface area (Å²) < 4.78 is 65.4. The molecule has 0 heterocycles. The molecule has 0 unspecified atom stereocenters. The standard InChI is InChI=1S/C5H5.3C4H10O.C2HF6Ge.Hf/c1-2-4-5-3-1;3*1-4(2)3-5;3-1(4,5)9-2(6,7)8;/h1-5H;3*4-5H,3H2,1-2H3;9H;/q-1;;;;;. The SMILES string of the molecule is CC(C)CO.CC(C)CO.CC(C)CO.F[C](F)(F)[GeH][C](F)(F)F.[Hf].c1cc[cH-]c1. The Morgan fingerprint density at radius 1 is 0.667 bits per heavy atom. The van der Waals surface area contributed by atoms with E-state index in [4.69, 9.17) is 15.3 Å². The Kier molecular flexibility index (Phi) is 34.5. The second-order valence-electron chi connectivity index (χ2n) is 6.92. The van der Waals surface area contributed by atoms with E-state index in [1.807, 2.05) is 71.9 Å². The largest absolute Gasteiger partial charge is 0.214 e. The first-order valence-electron chi connectivity index (χ1n) is 9.02. The maximum Gasteiger partial charge on any atom is 0 e. The topological polar surface area (TPSA) is 60.7 Å². The van der Waals surface area contributed by atoms with Crippen LogP contribution in [0.1, 0.15) is 41.5 Å². The van der Waals surface area contributed by atoms with E-state index in [2.05, 4.69) is 0 Å². The van der Waals surface area contributed by atoms with Crippen molar-refractivity contribution in [3.63, 3.8) is 0 Å². The molecule has 1 aromatic carbocycles. The summed E-state index contributed by atoms with van der Waals surface area (Å²) in [5.74, 6) is 1.32. The predicted molar refractivity (Wildman–Crippen MR) is 107 cm³/mol. The molecule has 0 saturated carbocycles. The zero-order chi connectivity index (χ0) is 24.1. The van der Waals surface area contributed by atoms with Crippen molar-refractivity contribution < 1.29 is 67.5 Å². The molecule has 3 nitrogen and oxygen atoms in total. The van der Waals surface area contributed by atoms with Crippen LogP contribution < -0.4 is 0 Å². The summed E-state index contributed by atoms with van der Waals surface area (Å²) in [6.07, 6.45) is 0. The van der Waals surface area contributed by atoms with Gasteiger partial charge in [-0.25, -0.2) is 12.1 Å². The van der Waals surface area contributed by atoms with E-state index in [0.29, 0.717) is 37.6 Å². The molecule has 11 heteroatoms. The quantitative estimate of drug-likeness (QED) is 0.246. The molecule has 0 spiro atoms. The summed E-state index contributed by atoms with van der Waals surface area (Å²) in [7, 11) is 0. The van der Waals surface area contributed by atoms with Crippen LogP contribution in [0.5, 0.6) is 0 Å². The van der Waals surface area contributed by atoms with Crippen LogP contribution in [0.3, 0.4) is 0 Å². The van der Waals surface area contributed by atoms with Crippen molar-refractivity contribution in [1.29, 1.82) is 0 Å². The van der Waals surface area contributed by atoms with Crippen LogP contribution in [-0.2, 0) is 25.8 Å². The van der Waals surface area contributed by atoms with Crippen LogP contribution in [-0.4, -0.2) is 60.6 Å². The van der Waals surface area contributed by atoms with E-state index in [1.165, 1.54) is 0 Å². The van der Waals surface area contributed by atoms with Crippen LogP contribution >= 0.6 is 0 Å². The van der Waals surface area contributed by atoms with Gasteiger partial charge < -0.3 is 15.3 Å². The zero-order valence-corrected chi connectivity index (χ0v) is 24.4. The van der Waals surface area contributed by atoms with Gasteiger partial charge in [0.25, 0.3) is 0 Å². The number of alkyl halides is 6. The van der Waals surface area contributed by atoms with Crippen LogP contribution in [0.4, 0.5) is 26.3 Å². The predicted octanol–water partition coefficient (Wildman–Crippen LogP) is 4.77. The molecule has 0 aliphatic rings. The third kappa shape index (κ3) is 70.5. The van der Waals surface area contributed by atoms with Gasteiger partial charge in [-0.1, -0.05) is 41.5 Å². The number of halogens is 6. The molecule has 0 aliphatic carbocycles. The van der Waals surface area contributed by atoms with Crippen molar-refractivity contribution in [2.45, 2.75) is 51.6 Å². The van der Waals surface area contributed by atoms with Crippen molar-refractivity contribution in [2.75, 3.05) is 19.8 Å². The monoisotopic (exact) mass is 680 g/mol. The van der Waals surface area contributed by atoms with Gasteiger partial charge in [0.1, 0.15) is 0 Å². The van der Waals surface area contributed by atoms with Crippen LogP contribution in [0.2, 0.25) is 0 Å². The summed E-state index contributed by atoms with van der Waals surface area (Å²) in [4.78, 5) is 0. The molecule has 0 saturated heterocycles. The number of rotatable bonds is 3. The van der Waals surface area contributed by atoms with Crippen molar-refractivity contribution in [2.24, 2.45) is 17.8 Å². The van der Waals surface area contributed by atoms with Crippen molar-refractivity contribution in [3.05, 3.63) is 30.3 Å². The smallest absolute Gasteiger partial charge is 0 e. The van der Waals surface area contributed by atoms with Gasteiger partial charge in [0.2, 0.25) is 0 Å². The van der Waals surface area contributed by atoms with E-state index in [9.17, 15) is 26.3 Å². The first-order chi connectivity index (χ1) is 13.0.